The van der Waals surface area contributed by atoms with Crippen LogP contribution in [0.1, 0.15) is 31.2 Å². The molecule has 3 aliphatic carbocycles. The van der Waals surface area contributed by atoms with E-state index in [1.807, 2.05) is 6.08 Å². The number of phenols is 1. The number of benzene rings is 2. The normalized spacial score (nSPS) is 25.0. The van der Waals surface area contributed by atoms with Crippen molar-refractivity contribution in [1.29, 1.82) is 0 Å². The molecule has 0 saturated carbocycles. The number of rotatable bonds is 5. The van der Waals surface area contributed by atoms with Crippen molar-refractivity contribution >= 4 is 41.6 Å². The molecule has 3 N–H and O–H groups in total. The van der Waals surface area contributed by atoms with E-state index in [1.165, 1.54) is 38.5 Å². The zero-order chi connectivity index (χ0) is 30.0. The number of carbonyl (C=O) groups is 4. The fourth-order valence-electron chi connectivity index (χ4n) is 6.90. The first-order valence-corrected chi connectivity index (χ1v) is 13.6. The first-order valence-electron chi connectivity index (χ1n) is 13.6. The fourth-order valence-corrected chi connectivity index (χ4v) is 6.90. The van der Waals surface area contributed by atoms with E-state index in [-0.39, 0.29) is 52.8 Å². The molecule has 1 heterocycles. The Hall–Kier alpha value is -4.48. The van der Waals surface area contributed by atoms with Gasteiger partial charge in [0, 0.05) is 22.6 Å². The van der Waals surface area contributed by atoms with Crippen LogP contribution in [-0.2, 0) is 19.2 Å². The Morgan fingerprint density at radius 3 is 2.29 bits per heavy atom. The van der Waals surface area contributed by atoms with Crippen LogP contribution >= 0.6 is 0 Å². The molecule has 11 heteroatoms. The molecule has 2 amide bonds. The van der Waals surface area contributed by atoms with E-state index in [9.17, 15) is 34.3 Å². The summed E-state index contributed by atoms with van der Waals surface area (Å²) in [5, 5.41) is 29.9. The predicted octanol–water partition coefficient (Wildman–Crippen LogP) is 1.72. The molecule has 1 aliphatic heterocycles. The lowest BCUT2D eigenvalue weighted by molar-refractivity contribution is -0.123. The summed E-state index contributed by atoms with van der Waals surface area (Å²) in [6.45, 7) is 1.59. The average molecular weight is 569 g/mol. The Morgan fingerprint density at radius 2 is 1.64 bits per heavy atom. The number of methoxy groups -OCH3 is 2. The molecule has 4 aliphatic rings. The number of nitrogens with zero attached hydrogens (tertiary/aromatic N) is 1. The Balaban J connectivity index is 1.50. The molecule has 0 radical (unpaired) electrons. The highest BCUT2D eigenvalue weighted by molar-refractivity contribution is 6.58. The van der Waals surface area contributed by atoms with Crippen molar-refractivity contribution < 1.29 is 43.8 Å². The van der Waals surface area contributed by atoms with Gasteiger partial charge in [0.05, 0.1) is 31.7 Å². The Bertz CT molecular complexity index is 1640. The molecular formula is C31H28BNO9. The predicted molar refractivity (Wildman–Crippen MR) is 151 cm³/mol. The van der Waals surface area contributed by atoms with Crippen LogP contribution in [0, 0.1) is 17.8 Å². The van der Waals surface area contributed by atoms with Crippen molar-refractivity contribution in [3.05, 3.63) is 76.4 Å². The maximum absolute atomic E-state index is 14.0. The monoisotopic (exact) mass is 569 g/mol. The lowest BCUT2D eigenvalue weighted by Crippen LogP contribution is -2.40. The van der Waals surface area contributed by atoms with Crippen LogP contribution in [0.5, 0.6) is 17.2 Å². The summed E-state index contributed by atoms with van der Waals surface area (Å²) < 4.78 is 10.8. The smallest absolute Gasteiger partial charge is 0.488 e. The van der Waals surface area contributed by atoms with Gasteiger partial charge >= 0.3 is 7.12 Å². The van der Waals surface area contributed by atoms with Gasteiger partial charge in [-0.15, -0.1) is 0 Å². The van der Waals surface area contributed by atoms with Crippen molar-refractivity contribution in [2.45, 2.75) is 25.7 Å². The molecule has 1 fully saturated rings. The zero-order valence-electron chi connectivity index (χ0n) is 23.2. The van der Waals surface area contributed by atoms with E-state index in [0.29, 0.717) is 22.3 Å². The first kappa shape index (κ1) is 27.7. The van der Waals surface area contributed by atoms with E-state index in [2.05, 4.69) is 0 Å². The van der Waals surface area contributed by atoms with Crippen LogP contribution in [0.2, 0.25) is 0 Å². The van der Waals surface area contributed by atoms with Gasteiger partial charge in [-0.2, -0.15) is 0 Å². The SMILES string of the molecule is COc1cc([C@H]2C3=CC[C@@H]4C(=O)N(c5cccc(B(O)O)c5)C(=O)[C@@H]4[C@@H]3CC3=C2C(=O)C(C)=CC3=O)cc(OC)c1O. The summed E-state index contributed by atoms with van der Waals surface area (Å²) in [6.07, 6.45) is 3.55. The second kappa shape index (κ2) is 10.1. The van der Waals surface area contributed by atoms with Gasteiger partial charge in [0.15, 0.2) is 23.1 Å². The van der Waals surface area contributed by atoms with Gasteiger partial charge in [0.1, 0.15) is 0 Å². The maximum Gasteiger partial charge on any atom is 0.488 e. The minimum absolute atomic E-state index is 0.113. The Kier molecular flexibility index (Phi) is 6.66. The number of Topliss-reactive ketones (excluding diaryl/α,β-unsaturated/α-hetero) is 1. The Morgan fingerprint density at radius 1 is 0.952 bits per heavy atom. The van der Waals surface area contributed by atoms with Crippen molar-refractivity contribution in [3.63, 3.8) is 0 Å². The molecule has 10 nitrogen and oxygen atoms in total. The van der Waals surface area contributed by atoms with Crippen molar-refractivity contribution in [2.75, 3.05) is 19.1 Å². The number of hydrogen-bond acceptors (Lipinski definition) is 9. The lowest BCUT2D eigenvalue weighted by atomic mass is 9.59. The van der Waals surface area contributed by atoms with Gasteiger partial charge in [-0.3, -0.25) is 24.1 Å². The minimum atomic E-state index is -1.77. The molecule has 42 heavy (non-hydrogen) atoms. The molecule has 0 unspecified atom stereocenters. The average Bonchev–Trinajstić information content (AvgIpc) is 3.24. The van der Waals surface area contributed by atoms with E-state index in [4.69, 9.17) is 9.47 Å². The van der Waals surface area contributed by atoms with Gasteiger partial charge in [-0.25, -0.2) is 0 Å². The van der Waals surface area contributed by atoms with E-state index < -0.39 is 42.6 Å². The molecule has 4 atom stereocenters. The quantitative estimate of drug-likeness (QED) is 0.212. The number of amides is 2. The summed E-state index contributed by atoms with van der Waals surface area (Å²) in [5.41, 5.74) is 2.56. The number of allylic oxidation sites excluding steroid dienone is 6. The van der Waals surface area contributed by atoms with Crippen LogP contribution in [0.3, 0.4) is 0 Å². The zero-order valence-corrected chi connectivity index (χ0v) is 23.2. The fraction of sp³-hybridized carbons (Fsp3) is 0.290. The first-order chi connectivity index (χ1) is 20.1. The highest BCUT2D eigenvalue weighted by atomic mass is 16.5. The van der Waals surface area contributed by atoms with Gasteiger partial charge < -0.3 is 24.6 Å². The third-order valence-electron chi connectivity index (χ3n) is 8.83. The third-order valence-corrected chi connectivity index (χ3v) is 8.83. The van der Waals surface area contributed by atoms with Crippen LogP contribution in [-0.4, -0.2) is 59.9 Å². The molecule has 6 rings (SSSR count). The van der Waals surface area contributed by atoms with Crippen LogP contribution in [0.4, 0.5) is 5.69 Å². The van der Waals surface area contributed by atoms with Crippen LogP contribution in [0.15, 0.2) is 70.8 Å². The number of ketones is 2. The number of imide groups is 1. The summed E-state index contributed by atoms with van der Waals surface area (Å²) in [7, 11) is 1.01. The second-order valence-corrected chi connectivity index (χ2v) is 11.0. The largest absolute Gasteiger partial charge is 0.502 e. The van der Waals surface area contributed by atoms with Gasteiger partial charge in [0.2, 0.25) is 17.6 Å². The molecule has 0 spiro atoms. The van der Waals surface area contributed by atoms with E-state index >= 15 is 0 Å². The molecule has 2 aromatic rings. The van der Waals surface area contributed by atoms with Crippen LogP contribution in [0.25, 0.3) is 0 Å². The molecule has 1 saturated heterocycles. The number of aromatic hydroxyl groups is 1. The molecule has 214 valence electrons. The Labute approximate surface area is 241 Å². The summed E-state index contributed by atoms with van der Waals surface area (Å²) in [6, 6.07) is 9.15. The third kappa shape index (κ3) is 4.03. The second-order valence-electron chi connectivity index (χ2n) is 11.0. The van der Waals surface area contributed by atoms with E-state index in [1.54, 1.807) is 25.1 Å². The molecule has 2 aromatic carbocycles. The minimum Gasteiger partial charge on any atom is -0.502 e. The van der Waals surface area contributed by atoms with Crippen molar-refractivity contribution in [2.24, 2.45) is 17.8 Å². The molecular weight excluding hydrogens is 541 g/mol. The van der Waals surface area contributed by atoms with Gasteiger partial charge in [-0.1, -0.05) is 23.8 Å². The van der Waals surface area contributed by atoms with Crippen molar-refractivity contribution in [1.82, 2.24) is 0 Å². The number of anilines is 1. The highest BCUT2D eigenvalue weighted by Gasteiger charge is 2.56. The van der Waals surface area contributed by atoms with Gasteiger partial charge in [0.25, 0.3) is 0 Å². The number of fused-ring (bicyclic) bond motifs is 3. The van der Waals surface area contributed by atoms with Crippen LogP contribution < -0.4 is 19.8 Å². The number of phenolic OH excluding ortho intramolecular Hbond substituents is 1. The molecule has 0 aromatic heterocycles. The summed E-state index contributed by atoms with van der Waals surface area (Å²) in [5.74, 6) is -4.22. The standard InChI is InChI=1S/C31H28BNO9/c1-14-9-22(34)21-13-20-18(25(27(21)28(14)35)15-10-23(41-2)29(36)24(11-15)42-3)7-8-19-26(20)31(38)33(30(19)37)17-6-4-5-16(12-17)32(39)40/h4-7,9-12,19-20,25-26,36,39-40H,8,13H2,1-3H3/t19-,20+,25-,26-/m0/s1. The molecule has 0 bridgehead atoms. The number of ether oxygens (including phenoxy) is 2. The van der Waals surface area contributed by atoms with Crippen molar-refractivity contribution in [3.8, 4) is 17.2 Å². The highest BCUT2D eigenvalue weighted by Crippen LogP contribution is 2.56. The summed E-state index contributed by atoms with van der Waals surface area (Å²) in [4.78, 5) is 55.7. The maximum atomic E-state index is 14.0. The van der Waals surface area contributed by atoms with Gasteiger partial charge in [-0.05, 0) is 67.1 Å². The number of carbonyl (C=O) groups excluding carboxylic acids is 4. The lowest BCUT2D eigenvalue weighted by Gasteiger charge is -2.42. The van der Waals surface area contributed by atoms with E-state index in [0.717, 1.165) is 10.5 Å². The topological polar surface area (TPSA) is 151 Å². The number of hydrogen-bond donors (Lipinski definition) is 3. The summed E-state index contributed by atoms with van der Waals surface area (Å²) >= 11 is 0.